The van der Waals surface area contributed by atoms with Gasteiger partial charge in [0.2, 0.25) is 5.91 Å². The summed E-state index contributed by atoms with van der Waals surface area (Å²) in [4.78, 5) is 17.0. The van der Waals surface area contributed by atoms with E-state index in [0.29, 0.717) is 12.1 Å². The zero-order valence-corrected chi connectivity index (χ0v) is 14.1. The molecule has 1 aliphatic rings. The van der Waals surface area contributed by atoms with Gasteiger partial charge in [-0.15, -0.1) is 0 Å². The number of rotatable bonds is 5. The lowest BCUT2D eigenvalue weighted by Gasteiger charge is -2.42. The summed E-state index contributed by atoms with van der Waals surface area (Å²) in [6.45, 7) is 8.24. The molecule has 1 rings (SSSR count). The minimum absolute atomic E-state index is 0.128. The summed E-state index contributed by atoms with van der Waals surface area (Å²) in [6, 6.07) is 0.884. The standard InChI is InChI=1S/C16H33N3O/c1-11(2)15(17)16(20)19(12(3)4)14-9-7-13(8-10-14)18(5)6/h11-15H,7-10,17H2,1-6H3. The van der Waals surface area contributed by atoms with E-state index in [-0.39, 0.29) is 23.9 Å². The largest absolute Gasteiger partial charge is 0.336 e. The molecule has 0 saturated heterocycles. The zero-order chi connectivity index (χ0) is 15.4. The van der Waals surface area contributed by atoms with Gasteiger partial charge in [0, 0.05) is 18.1 Å². The van der Waals surface area contributed by atoms with E-state index in [0.717, 1.165) is 12.8 Å². The van der Waals surface area contributed by atoms with E-state index in [2.05, 4.69) is 37.7 Å². The number of hydrogen-bond acceptors (Lipinski definition) is 3. The molecule has 1 aliphatic carbocycles. The fraction of sp³-hybridized carbons (Fsp3) is 0.938. The van der Waals surface area contributed by atoms with Gasteiger partial charge in [0.25, 0.3) is 0 Å². The van der Waals surface area contributed by atoms with Gasteiger partial charge < -0.3 is 15.5 Å². The minimum Gasteiger partial charge on any atom is -0.336 e. The third-order valence-electron chi connectivity index (χ3n) is 4.60. The molecule has 1 atom stereocenters. The lowest BCUT2D eigenvalue weighted by atomic mass is 9.88. The maximum Gasteiger partial charge on any atom is 0.240 e. The van der Waals surface area contributed by atoms with E-state index in [1.165, 1.54) is 12.8 Å². The maximum atomic E-state index is 12.6. The molecule has 4 heteroatoms. The second kappa shape index (κ2) is 7.41. The molecule has 0 bridgehead atoms. The van der Waals surface area contributed by atoms with Gasteiger partial charge in [0.15, 0.2) is 0 Å². The Morgan fingerprint density at radius 1 is 1.00 bits per heavy atom. The molecule has 0 aromatic rings. The highest BCUT2D eigenvalue weighted by Crippen LogP contribution is 2.27. The van der Waals surface area contributed by atoms with Crippen LogP contribution in [0, 0.1) is 5.92 Å². The van der Waals surface area contributed by atoms with Crippen molar-refractivity contribution in [3.63, 3.8) is 0 Å². The van der Waals surface area contributed by atoms with Crippen LogP contribution in [0.25, 0.3) is 0 Å². The molecule has 0 radical (unpaired) electrons. The Morgan fingerprint density at radius 2 is 1.45 bits per heavy atom. The highest BCUT2D eigenvalue weighted by Gasteiger charge is 2.33. The predicted octanol–water partition coefficient (Wildman–Crippen LogP) is 2.08. The smallest absolute Gasteiger partial charge is 0.240 e. The van der Waals surface area contributed by atoms with E-state index in [1.54, 1.807) is 0 Å². The van der Waals surface area contributed by atoms with Gasteiger partial charge in [-0.1, -0.05) is 13.8 Å². The third-order valence-corrected chi connectivity index (χ3v) is 4.60. The van der Waals surface area contributed by atoms with E-state index in [4.69, 9.17) is 5.73 Å². The summed E-state index contributed by atoms with van der Waals surface area (Å²) < 4.78 is 0. The molecule has 1 saturated carbocycles. The first-order valence-electron chi connectivity index (χ1n) is 7.99. The normalized spacial score (nSPS) is 25.3. The van der Waals surface area contributed by atoms with Crippen LogP contribution in [0.1, 0.15) is 53.4 Å². The summed E-state index contributed by atoms with van der Waals surface area (Å²) in [6.07, 6.45) is 4.53. The van der Waals surface area contributed by atoms with Crippen molar-refractivity contribution in [3.05, 3.63) is 0 Å². The van der Waals surface area contributed by atoms with Gasteiger partial charge in [-0.25, -0.2) is 0 Å². The Kier molecular flexibility index (Phi) is 6.46. The maximum absolute atomic E-state index is 12.6. The lowest BCUT2D eigenvalue weighted by molar-refractivity contribution is -0.139. The van der Waals surface area contributed by atoms with Crippen LogP contribution in [0.4, 0.5) is 0 Å². The zero-order valence-electron chi connectivity index (χ0n) is 14.1. The summed E-state index contributed by atoms with van der Waals surface area (Å²) in [5.41, 5.74) is 6.08. The van der Waals surface area contributed by atoms with Crippen LogP contribution in [0.3, 0.4) is 0 Å². The Labute approximate surface area is 124 Å². The first-order chi connectivity index (χ1) is 9.25. The monoisotopic (exact) mass is 283 g/mol. The fourth-order valence-corrected chi connectivity index (χ4v) is 3.17. The molecular weight excluding hydrogens is 250 g/mol. The first kappa shape index (κ1) is 17.4. The van der Waals surface area contributed by atoms with Crippen molar-refractivity contribution in [1.29, 1.82) is 0 Å². The van der Waals surface area contributed by atoms with Crippen LogP contribution in [0.5, 0.6) is 0 Å². The number of carbonyl (C=O) groups excluding carboxylic acids is 1. The third kappa shape index (κ3) is 4.19. The van der Waals surface area contributed by atoms with Gasteiger partial charge >= 0.3 is 0 Å². The highest BCUT2D eigenvalue weighted by molar-refractivity contribution is 5.82. The summed E-state index contributed by atoms with van der Waals surface area (Å²) in [7, 11) is 4.29. The van der Waals surface area contributed by atoms with Crippen molar-refractivity contribution in [1.82, 2.24) is 9.80 Å². The molecule has 4 nitrogen and oxygen atoms in total. The summed E-state index contributed by atoms with van der Waals surface area (Å²) >= 11 is 0. The predicted molar refractivity (Wildman–Crippen MR) is 84.5 cm³/mol. The average molecular weight is 283 g/mol. The van der Waals surface area contributed by atoms with E-state index in [9.17, 15) is 4.79 Å². The van der Waals surface area contributed by atoms with Crippen molar-refractivity contribution in [3.8, 4) is 0 Å². The second-order valence-corrected chi connectivity index (χ2v) is 7.04. The molecule has 1 unspecified atom stereocenters. The molecule has 0 heterocycles. The second-order valence-electron chi connectivity index (χ2n) is 7.04. The van der Waals surface area contributed by atoms with Crippen LogP contribution in [-0.2, 0) is 4.79 Å². The van der Waals surface area contributed by atoms with Crippen LogP contribution in [0.15, 0.2) is 0 Å². The Morgan fingerprint density at radius 3 is 1.80 bits per heavy atom. The molecule has 0 spiro atoms. The quantitative estimate of drug-likeness (QED) is 0.840. The molecule has 1 fully saturated rings. The summed E-state index contributed by atoms with van der Waals surface area (Å²) in [5, 5.41) is 0. The molecule has 0 aromatic heterocycles. The molecule has 1 amide bonds. The number of nitrogens with two attached hydrogens (primary N) is 1. The van der Waals surface area contributed by atoms with Crippen molar-refractivity contribution in [2.45, 2.75) is 77.5 Å². The van der Waals surface area contributed by atoms with Crippen molar-refractivity contribution >= 4 is 5.91 Å². The minimum atomic E-state index is -0.371. The summed E-state index contributed by atoms with van der Waals surface area (Å²) in [5.74, 6) is 0.324. The van der Waals surface area contributed by atoms with Gasteiger partial charge in [-0.2, -0.15) is 0 Å². The van der Waals surface area contributed by atoms with E-state index >= 15 is 0 Å². The molecule has 0 aromatic carbocycles. The van der Waals surface area contributed by atoms with Crippen LogP contribution in [-0.4, -0.2) is 54.0 Å². The van der Waals surface area contributed by atoms with Gasteiger partial charge in [0.1, 0.15) is 0 Å². The number of carbonyl (C=O) groups is 1. The molecule has 0 aliphatic heterocycles. The fourth-order valence-electron chi connectivity index (χ4n) is 3.17. The van der Waals surface area contributed by atoms with Crippen molar-refractivity contribution in [2.24, 2.45) is 11.7 Å². The van der Waals surface area contributed by atoms with E-state index in [1.807, 2.05) is 13.8 Å². The van der Waals surface area contributed by atoms with Gasteiger partial charge in [-0.3, -0.25) is 4.79 Å². The van der Waals surface area contributed by atoms with Crippen LogP contribution in [0.2, 0.25) is 0 Å². The Balaban J connectivity index is 2.71. The number of amides is 1. The Bertz CT molecular complexity index is 307. The topological polar surface area (TPSA) is 49.6 Å². The van der Waals surface area contributed by atoms with Crippen LogP contribution >= 0.6 is 0 Å². The lowest BCUT2D eigenvalue weighted by Crippen LogP contribution is -2.54. The number of hydrogen-bond donors (Lipinski definition) is 1. The Hall–Kier alpha value is -0.610. The molecule has 118 valence electrons. The van der Waals surface area contributed by atoms with Crippen molar-refractivity contribution < 1.29 is 4.79 Å². The van der Waals surface area contributed by atoms with Crippen molar-refractivity contribution in [2.75, 3.05) is 14.1 Å². The number of nitrogens with zero attached hydrogens (tertiary/aromatic N) is 2. The highest BCUT2D eigenvalue weighted by atomic mass is 16.2. The molecular formula is C16H33N3O. The SMILES string of the molecule is CC(C)C(N)C(=O)N(C(C)C)C1CCC(N(C)C)CC1. The van der Waals surface area contributed by atoms with Gasteiger partial charge in [0.05, 0.1) is 6.04 Å². The first-order valence-corrected chi connectivity index (χ1v) is 7.99. The average Bonchev–Trinajstić information content (AvgIpc) is 2.37. The van der Waals surface area contributed by atoms with Gasteiger partial charge in [-0.05, 0) is 59.5 Å². The van der Waals surface area contributed by atoms with Crippen LogP contribution < -0.4 is 5.73 Å². The molecule has 20 heavy (non-hydrogen) atoms. The molecule has 2 N–H and O–H groups in total. The van der Waals surface area contributed by atoms with E-state index < -0.39 is 0 Å².